The van der Waals surface area contributed by atoms with Gasteiger partial charge >= 0.3 is 35.8 Å². The zero-order valence-corrected chi connectivity index (χ0v) is 38.8. The second-order valence-electron chi connectivity index (χ2n) is 23.0. The van der Waals surface area contributed by atoms with Gasteiger partial charge < -0.3 is 28.4 Å². The average Bonchev–Trinajstić information content (AvgIpc) is 4.22. The highest BCUT2D eigenvalue weighted by Crippen LogP contribution is 2.60. The predicted molar refractivity (Wildman–Crippen MR) is 246 cm³/mol. The third kappa shape index (κ3) is 8.05. The van der Waals surface area contributed by atoms with E-state index in [0.29, 0.717) is 104 Å². The first-order chi connectivity index (χ1) is 33.5. The number of hydrogen-bond acceptors (Lipinski definition) is 12. The van der Waals surface area contributed by atoms with Gasteiger partial charge in [-0.25, -0.2) is 28.8 Å². The van der Waals surface area contributed by atoms with Crippen molar-refractivity contribution in [1.29, 1.82) is 0 Å². The molecule has 4 aliphatic heterocycles. The van der Waals surface area contributed by atoms with E-state index >= 15 is 0 Å². The van der Waals surface area contributed by atoms with Crippen molar-refractivity contribution in [1.82, 2.24) is 0 Å². The quantitative estimate of drug-likeness (QED) is 0.156. The van der Waals surface area contributed by atoms with Gasteiger partial charge in [0.1, 0.15) is 36.6 Å². The first-order valence-corrected chi connectivity index (χ1v) is 26.1. The Balaban J connectivity index is 0.677. The van der Waals surface area contributed by atoms with E-state index in [1.165, 1.54) is 0 Å². The zero-order valence-electron chi connectivity index (χ0n) is 38.8. The minimum absolute atomic E-state index is 0.177. The number of rotatable bonds is 0. The van der Waals surface area contributed by atoms with Crippen LogP contribution in [0.25, 0.3) is 0 Å². The van der Waals surface area contributed by atoms with Crippen LogP contribution in [-0.4, -0.2) is 72.4 Å². The van der Waals surface area contributed by atoms with Gasteiger partial charge in [-0.15, -0.1) is 0 Å². The molecule has 9 aliphatic carbocycles. The van der Waals surface area contributed by atoms with Crippen molar-refractivity contribution in [3.63, 3.8) is 0 Å². The molecule has 0 aromatic heterocycles. The normalized spacial score (nSPS) is 41.0. The van der Waals surface area contributed by atoms with Gasteiger partial charge in [-0.2, -0.15) is 0 Å². The molecule has 18 bridgehead atoms. The Kier molecular flexibility index (Phi) is 10.8. The molecule has 13 aliphatic rings. The highest BCUT2D eigenvalue weighted by molar-refractivity contribution is 5.95. The molecule has 16 rings (SSSR count). The number of fused-ring (bicyclic) bond motifs is 3. The van der Waals surface area contributed by atoms with E-state index in [0.717, 1.165) is 96.3 Å². The number of benzene rings is 3. The monoisotopic (exact) mass is 936 g/mol. The molecule has 0 N–H and O–H groups in total. The summed E-state index contributed by atoms with van der Waals surface area (Å²) in [6, 6.07) is 19.7. The minimum atomic E-state index is -0.391. The average molecular weight is 937 g/mol. The van der Waals surface area contributed by atoms with Crippen LogP contribution in [0.15, 0.2) is 72.8 Å². The maximum absolute atomic E-state index is 13.3. The molecule has 0 unspecified atom stereocenters. The highest BCUT2D eigenvalue weighted by Gasteiger charge is 2.56. The molecule has 0 radical (unpaired) electrons. The van der Waals surface area contributed by atoms with E-state index in [9.17, 15) is 28.8 Å². The SMILES string of the molecule is O=C1O[C@@H]2C[C@@H]3C[C@@H]4C[C@@H](C[C@@H]4[C@@H]3C2)OC(=O)c2ccc(cc2)C(=O)O[C@@H]2C[C@@H]3C[C@@H]4C[C@@H](C[C@@H]4[C@@H]3C2)OC(=O)c2ccc(cc2)C(=O)O[C@@H]2C[C@@H]3C[C@@H]4C[C@@H](C[C@@H]4[C@@H]3C2)OC(=O)c2ccc1cc2. The molecule has 0 spiro atoms. The number of hydrogen-bond donors (Lipinski definition) is 0. The van der Waals surface area contributed by atoms with Gasteiger partial charge in [0, 0.05) is 0 Å². The zero-order chi connectivity index (χ0) is 46.7. The van der Waals surface area contributed by atoms with Crippen molar-refractivity contribution in [3.05, 3.63) is 106 Å². The third-order valence-corrected chi connectivity index (χ3v) is 19.4. The van der Waals surface area contributed by atoms with E-state index in [2.05, 4.69) is 0 Å². The second kappa shape index (κ2) is 17.1. The number of carbonyl (C=O) groups is 6. The summed E-state index contributed by atoms with van der Waals surface area (Å²) in [5.41, 5.74) is 2.41. The van der Waals surface area contributed by atoms with Crippen molar-refractivity contribution in [2.24, 2.45) is 71.0 Å². The standard InChI is InChI=1S/C57H60O12/c58-52-28-1-2-29(4-3-28)53(59)65-41-17-35-14-37-19-43(25-49(37)47(35)23-41)67-55(61)31-9-11-33(12-10-31)57(63)69-45-21-39-15-38-20-44(26-50(38)51(39)27-45)68-56(62)32-7-5-30(6-8-32)54(60)66-42-18-36-13-34-16-40(64-52)22-46(34)48(36)24-42/h1-12,34-51H,13-27H2/t34-,35+,36+,37-,38-,39+,40+,41-,42-,43+,44+,45-,46+,47-,48-,49+,50+,51-. The maximum Gasteiger partial charge on any atom is 0.338 e. The Bertz CT molecular complexity index is 2100. The van der Waals surface area contributed by atoms with Crippen LogP contribution in [0.4, 0.5) is 0 Å². The summed E-state index contributed by atoms with van der Waals surface area (Å²) >= 11 is 0. The molecular formula is C57H60O12. The Morgan fingerprint density at radius 2 is 0.362 bits per heavy atom. The first-order valence-electron chi connectivity index (χ1n) is 26.1. The summed E-state index contributed by atoms with van der Waals surface area (Å²) in [5, 5.41) is 0. The summed E-state index contributed by atoms with van der Waals surface area (Å²) in [7, 11) is 0. The van der Waals surface area contributed by atoms with E-state index in [4.69, 9.17) is 28.4 Å². The fourth-order valence-corrected chi connectivity index (χ4v) is 16.7. The lowest BCUT2D eigenvalue weighted by Crippen LogP contribution is -2.20. The molecular weight excluding hydrogens is 877 g/mol. The molecule has 18 atom stereocenters. The van der Waals surface area contributed by atoms with Crippen molar-refractivity contribution in [2.75, 3.05) is 0 Å². The van der Waals surface area contributed by atoms with Gasteiger partial charge in [-0.3, -0.25) is 0 Å². The van der Waals surface area contributed by atoms with Gasteiger partial charge in [-0.05, 0) is 240 Å². The van der Waals surface area contributed by atoms with Crippen LogP contribution in [0, 0.1) is 71.0 Å². The van der Waals surface area contributed by atoms with E-state index in [1.807, 2.05) is 0 Å². The summed E-state index contributed by atoms with van der Waals surface area (Å²) in [6.45, 7) is 0. The smallest absolute Gasteiger partial charge is 0.338 e. The van der Waals surface area contributed by atoms with Crippen LogP contribution < -0.4 is 0 Å². The molecule has 12 nitrogen and oxygen atoms in total. The maximum atomic E-state index is 13.3. The molecule has 4 heterocycles. The van der Waals surface area contributed by atoms with Crippen LogP contribution in [0.5, 0.6) is 0 Å². The highest BCUT2D eigenvalue weighted by atomic mass is 16.6. The Morgan fingerprint density at radius 1 is 0.217 bits per heavy atom. The van der Waals surface area contributed by atoms with Crippen LogP contribution in [0.3, 0.4) is 0 Å². The second-order valence-corrected chi connectivity index (χ2v) is 23.0. The van der Waals surface area contributed by atoms with Gasteiger partial charge in [0.05, 0.1) is 33.4 Å². The molecule has 0 saturated heterocycles. The topological polar surface area (TPSA) is 158 Å². The van der Waals surface area contributed by atoms with Crippen LogP contribution >= 0.6 is 0 Å². The predicted octanol–water partition coefficient (Wildman–Crippen LogP) is 9.62. The Labute approximate surface area is 401 Å². The molecule has 3 aromatic rings. The number of esters is 6. The fraction of sp³-hybridized carbons (Fsp3) is 0.579. The Hall–Kier alpha value is -5.52. The third-order valence-electron chi connectivity index (χ3n) is 19.4. The van der Waals surface area contributed by atoms with E-state index in [-0.39, 0.29) is 36.6 Å². The van der Waals surface area contributed by atoms with Gasteiger partial charge in [0.2, 0.25) is 0 Å². The van der Waals surface area contributed by atoms with Crippen LogP contribution in [0.1, 0.15) is 158 Å². The summed E-state index contributed by atoms with van der Waals surface area (Å²) < 4.78 is 36.4. The number of carbonyl (C=O) groups excluding carboxylic acids is 6. The van der Waals surface area contributed by atoms with Gasteiger partial charge in [0.15, 0.2) is 0 Å². The summed E-state index contributed by atoms with van der Waals surface area (Å²) in [6.07, 6.45) is 11.9. The fourth-order valence-electron chi connectivity index (χ4n) is 16.7. The van der Waals surface area contributed by atoms with Crippen molar-refractivity contribution in [3.8, 4) is 0 Å². The van der Waals surface area contributed by atoms with Crippen LogP contribution in [-0.2, 0) is 28.4 Å². The Morgan fingerprint density at radius 3 is 0.507 bits per heavy atom. The molecule has 12 heteroatoms. The van der Waals surface area contributed by atoms with Crippen LogP contribution in [0.2, 0.25) is 0 Å². The summed E-state index contributed by atoms with van der Waals surface area (Å²) in [5.74, 6) is 3.04. The lowest BCUT2D eigenvalue weighted by Gasteiger charge is -2.19. The van der Waals surface area contributed by atoms with Gasteiger partial charge in [0.25, 0.3) is 0 Å². The number of ether oxygens (including phenoxy) is 6. The first kappa shape index (κ1) is 43.5. The van der Waals surface area contributed by atoms with E-state index in [1.54, 1.807) is 72.8 Å². The molecule has 3 aromatic carbocycles. The molecule has 360 valence electrons. The van der Waals surface area contributed by atoms with Crippen molar-refractivity contribution in [2.45, 2.75) is 133 Å². The largest absolute Gasteiger partial charge is 0.459 e. The lowest BCUT2D eigenvalue weighted by molar-refractivity contribution is 0.0266. The van der Waals surface area contributed by atoms with E-state index < -0.39 is 35.8 Å². The molecule has 9 saturated carbocycles. The summed E-state index contributed by atoms with van der Waals surface area (Å²) in [4.78, 5) is 80.1. The molecule has 9 fully saturated rings. The molecule has 69 heavy (non-hydrogen) atoms. The molecule has 0 amide bonds. The minimum Gasteiger partial charge on any atom is -0.459 e. The van der Waals surface area contributed by atoms with Gasteiger partial charge in [-0.1, -0.05) is 0 Å². The van der Waals surface area contributed by atoms with Crippen molar-refractivity contribution >= 4 is 35.8 Å². The van der Waals surface area contributed by atoms with Crippen molar-refractivity contribution < 1.29 is 57.2 Å². The lowest BCUT2D eigenvalue weighted by atomic mass is 9.89.